The average molecular weight is 462 g/mol. The maximum atomic E-state index is 13.6. The molecule has 8 heteroatoms. The van der Waals surface area contributed by atoms with Crippen molar-refractivity contribution in [3.63, 3.8) is 0 Å². The van der Waals surface area contributed by atoms with Crippen molar-refractivity contribution in [2.45, 2.75) is 56.3 Å². The van der Waals surface area contributed by atoms with Crippen molar-refractivity contribution in [2.75, 3.05) is 0 Å². The Morgan fingerprint density at radius 3 is 2.40 bits per heavy atom. The maximum absolute atomic E-state index is 13.6. The van der Waals surface area contributed by atoms with Crippen LogP contribution in [0.1, 0.15) is 50.0 Å². The van der Waals surface area contributed by atoms with E-state index in [0.717, 1.165) is 32.1 Å². The van der Waals surface area contributed by atoms with Crippen LogP contribution in [0.4, 0.5) is 13.2 Å². The highest BCUT2D eigenvalue weighted by Crippen LogP contribution is 2.44. The summed E-state index contributed by atoms with van der Waals surface area (Å²) in [7, 11) is 0. The minimum absolute atomic E-state index is 0.0770. The van der Waals surface area contributed by atoms with Crippen LogP contribution in [0.2, 0.25) is 10.0 Å². The van der Waals surface area contributed by atoms with Crippen LogP contribution in [0.15, 0.2) is 42.5 Å². The lowest BCUT2D eigenvalue weighted by Gasteiger charge is -2.37. The molecule has 0 aliphatic heterocycles. The van der Waals surface area contributed by atoms with Gasteiger partial charge in [0, 0.05) is 5.92 Å². The molecule has 2 unspecified atom stereocenters. The number of hydrogen-bond donors (Lipinski definition) is 2. The van der Waals surface area contributed by atoms with E-state index >= 15 is 0 Å². The van der Waals surface area contributed by atoms with E-state index in [1.165, 1.54) is 12.1 Å². The Balaban J connectivity index is 1.92. The summed E-state index contributed by atoms with van der Waals surface area (Å²) in [6, 6.07) is 11.0. The predicted octanol–water partition coefficient (Wildman–Crippen LogP) is 7.05. The van der Waals surface area contributed by atoms with Crippen LogP contribution in [0.3, 0.4) is 0 Å². The molecular formula is C22H24Cl2F3NO2. The van der Waals surface area contributed by atoms with Crippen molar-refractivity contribution < 1.29 is 23.0 Å². The lowest BCUT2D eigenvalue weighted by Crippen LogP contribution is -2.58. The molecule has 2 atom stereocenters. The fourth-order valence-electron chi connectivity index (χ4n) is 4.01. The Kier molecular flexibility index (Phi) is 7.23. The lowest BCUT2D eigenvalue weighted by molar-refractivity contribution is -0.268. The lowest BCUT2D eigenvalue weighted by atomic mass is 9.76. The number of nitrogens with two attached hydrogens (primary N) is 1. The number of hydrogen-bond acceptors (Lipinski definition) is 3. The van der Waals surface area contributed by atoms with E-state index in [9.17, 15) is 18.3 Å². The molecule has 0 amide bonds. The van der Waals surface area contributed by atoms with Crippen molar-refractivity contribution in [1.29, 1.82) is 0 Å². The van der Waals surface area contributed by atoms with E-state index in [4.69, 9.17) is 33.7 Å². The Hall–Kier alpha value is -1.47. The molecule has 1 aliphatic rings. The molecule has 0 radical (unpaired) electrons. The molecule has 1 aliphatic carbocycles. The standard InChI is InChI=1S/C22H24Cl2F3NO2/c23-18-10-5-11-19(20(18)24)30-16-9-4-8-15(13-16)17(21(28,29)22(25,26)27)12-14-6-2-1-3-7-14/h4-5,8-11,13-14,17,29H,1-3,6-7,12,28H2. The molecule has 0 aromatic heterocycles. The zero-order chi connectivity index (χ0) is 21.9. The van der Waals surface area contributed by atoms with E-state index in [1.807, 2.05) is 0 Å². The first-order valence-electron chi connectivity index (χ1n) is 9.89. The molecule has 0 spiro atoms. The minimum atomic E-state index is -4.97. The number of benzene rings is 2. The van der Waals surface area contributed by atoms with Crippen LogP contribution >= 0.6 is 23.2 Å². The summed E-state index contributed by atoms with van der Waals surface area (Å²) in [6.45, 7) is 0. The quantitative estimate of drug-likeness (QED) is 0.453. The Morgan fingerprint density at radius 1 is 1.07 bits per heavy atom. The first-order chi connectivity index (χ1) is 14.1. The predicted molar refractivity (Wildman–Crippen MR) is 112 cm³/mol. The highest BCUT2D eigenvalue weighted by atomic mass is 35.5. The minimum Gasteiger partial charge on any atom is -0.456 e. The third kappa shape index (κ3) is 5.22. The van der Waals surface area contributed by atoms with Gasteiger partial charge in [0.05, 0.1) is 5.02 Å². The van der Waals surface area contributed by atoms with Crippen LogP contribution in [0.25, 0.3) is 0 Å². The summed E-state index contributed by atoms with van der Waals surface area (Å²) in [6.07, 6.45) is -0.131. The summed E-state index contributed by atoms with van der Waals surface area (Å²) in [5.74, 6) is -0.681. The molecule has 3 N–H and O–H groups in total. The molecule has 2 aromatic carbocycles. The molecule has 0 saturated heterocycles. The highest BCUT2D eigenvalue weighted by molar-refractivity contribution is 6.42. The van der Waals surface area contributed by atoms with Gasteiger partial charge in [0.25, 0.3) is 0 Å². The van der Waals surface area contributed by atoms with Gasteiger partial charge < -0.3 is 9.84 Å². The molecule has 1 saturated carbocycles. The third-order valence-electron chi connectivity index (χ3n) is 5.68. The molecule has 3 nitrogen and oxygen atoms in total. The Morgan fingerprint density at radius 2 is 1.73 bits per heavy atom. The zero-order valence-electron chi connectivity index (χ0n) is 16.3. The van der Waals surface area contributed by atoms with Crippen LogP contribution in [-0.2, 0) is 0 Å². The van der Waals surface area contributed by atoms with Gasteiger partial charge in [0.1, 0.15) is 16.5 Å². The van der Waals surface area contributed by atoms with Gasteiger partial charge in [-0.15, -0.1) is 0 Å². The van der Waals surface area contributed by atoms with Crippen LogP contribution in [0.5, 0.6) is 11.5 Å². The van der Waals surface area contributed by atoms with E-state index in [2.05, 4.69) is 0 Å². The van der Waals surface area contributed by atoms with Crippen LogP contribution in [0, 0.1) is 5.92 Å². The first-order valence-corrected chi connectivity index (χ1v) is 10.6. The molecule has 3 rings (SSSR count). The number of aliphatic hydroxyl groups is 1. The summed E-state index contributed by atoms with van der Waals surface area (Å²) in [4.78, 5) is 0. The van der Waals surface area contributed by atoms with Gasteiger partial charge in [-0.2, -0.15) is 13.2 Å². The van der Waals surface area contributed by atoms with Crippen LogP contribution in [-0.4, -0.2) is 17.0 Å². The van der Waals surface area contributed by atoms with Crippen molar-refractivity contribution in [3.05, 3.63) is 58.1 Å². The number of alkyl halides is 3. The molecule has 2 aromatic rings. The summed E-state index contributed by atoms with van der Waals surface area (Å²) in [5, 5.41) is 10.8. The van der Waals surface area contributed by atoms with Gasteiger partial charge in [-0.05, 0) is 42.2 Å². The van der Waals surface area contributed by atoms with Gasteiger partial charge in [0.2, 0.25) is 5.72 Å². The number of ether oxygens (including phenoxy) is 1. The fourth-order valence-corrected chi connectivity index (χ4v) is 4.34. The van der Waals surface area contributed by atoms with Crippen molar-refractivity contribution in [2.24, 2.45) is 11.7 Å². The first kappa shape index (κ1) is 23.2. The summed E-state index contributed by atoms with van der Waals surface area (Å²) < 4.78 is 46.6. The molecule has 30 heavy (non-hydrogen) atoms. The summed E-state index contributed by atoms with van der Waals surface area (Å²) >= 11 is 12.1. The number of halogens is 5. The number of rotatable bonds is 6. The second kappa shape index (κ2) is 9.35. The van der Waals surface area contributed by atoms with E-state index in [-0.39, 0.29) is 34.4 Å². The van der Waals surface area contributed by atoms with E-state index in [1.54, 1.807) is 30.3 Å². The van der Waals surface area contributed by atoms with Crippen molar-refractivity contribution in [3.8, 4) is 11.5 Å². The second-order valence-corrected chi connectivity index (χ2v) is 8.63. The van der Waals surface area contributed by atoms with Gasteiger partial charge in [-0.1, -0.05) is 73.5 Å². The highest BCUT2D eigenvalue weighted by Gasteiger charge is 2.56. The molecule has 0 bridgehead atoms. The van der Waals surface area contributed by atoms with E-state index in [0.29, 0.717) is 5.02 Å². The Bertz CT molecular complexity index is 868. The smallest absolute Gasteiger partial charge is 0.431 e. The van der Waals surface area contributed by atoms with E-state index < -0.39 is 17.8 Å². The topological polar surface area (TPSA) is 55.5 Å². The Labute approximate surface area is 183 Å². The zero-order valence-corrected chi connectivity index (χ0v) is 17.8. The molecular weight excluding hydrogens is 438 g/mol. The summed E-state index contributed by atoms with van der Waals surface area (Å²) in [5.41, 5.74) is 2.40. The second-order valence-electron chi connectivity index (χ2n) is 7.84. The normalized spacial score (nSPS) is 18.6. The molecule has 164 valence electrons. The molecule has 0 heterocycles. The monoisotopic (exact) mass is 461 g/mol. The largest absolute Gasteiger partial charge is 0.456 e. The fraction of sp³-hybridized carbons (Fsp3) is 0.455. The van der Waals surface area contributed by atoms with Gasteiger partial charge in [-0.25, -0.2) is 0 Å². The van der Waals surface area contributed by atoms with Gasteiger partial charge in [-0.3, -0.25) is 5.73 Å². The van der Waals surface area contributed by atoms with Crippen molar-refractivity contribution in [1.82, 2.24) is 0 Å². The van der Waals surface area contributed by atoms with Crippen molar-refractivity contribution >= 4 is 23.2 Å². The van der Waals surface area contributed by atoms with Gasteiger partial charge >= 0.3 is 6.18 Å². The van der Waals surface area contributed by atoms with Gasteiger partial charge in [0.15, 0.2) is 0 Å². The third-order valence-corrected chi connectivity index (χ3v) is 6.49. The van der Waals surface area contributed by atoms with Crippen LogP contribution < -0.4 is 10.5 Å². The average Bonchev–Trinajstić information content (AvgIpc) is 2.70. The maximum Gasteiger partial charge on any atom is 0.431 e. The molecule has 1 fully saturated rings. The SMILES string of the molecule is NC(O)(C(CC1CCCCC1)c1cccc(Oc2cccc(Cl)c2Cl)c1)C(F)(F)F.